The molecule has 9 heteroatoms. The fraction of sp³-hybridized carbons (Fsp3) is 0.368. The summed E-state index contributed by atoms with van der Waals surface area (Å²) in [5.74, 6) is 0.549. The molecule has 28 heavy (non-hydrogen) atoms. The van der Waals surface area contributed by atoms with Gasteiger partial charge in [-0.1, -0.05) is 24.3 Å². The molecule has 0 amide bonds. The van der Waals surface area contributed by atoms with E-state index in [1.807, 2.05) is 38.1 Å². The van der Waals surface area contributed by atoms with Crippen LogP contribution in [0.2, 0.25) is 0 Å². The van der Waals surface area contributed by atoms with Crippen LogP contribution < -0.4 is 15.4 Å². The molecule has 0 aliphatic carbocycles. The molecule has 2 aromatic rings. The van der Waals surface area contributed by atoms with Gasteiger partial charge in [0.1, 0.15) is 0 Å². The number of hydrogen-bond acceptors (Lipinski definition) is 3. The highest BCUT2D eigenvalue weighted by molar-refractivity contribution is 14.0. The fourth-order valence-electron chi connectivity index (χ4n) is 2.28. The monoisotopic (exact) mass is 508 g/mol. The minimum atomic E-state index is -4.40. The van der Waals surface area contributed by atoms with Crippen molar-refractivity contribution in [1.29, 1.82) is 0 Å². The summed E-state index contributed by atoms with van der Waals surface area (Å²) in [5, 5.41) is 6.40. The summed E-state index contributed by atoms with van der Waals surface area (Å²) in [6.45, 7) is 4.23. The second-order valence-electron chi connectivity index (χ2n) is 5.88. The Labute approximate surface area is 179 Å². The van der Waals surface area contributed by atoms with Crippen LogP contribution in [0.5, 0.6) is 5.88 Å². The molecule has 2 rings (SSSR count). The molecule has 1 aromatic carbocycles. The third-order valence-electron chi connectivity index (χ3n) is 3.65. The maximum Gasteiger partial charge on any atom is 0.422 e. The van der Waals surface area contributed by atoms with Gasteiger partial charge < -0.3 is 15.4 Å². The third kappa shape index (κ3) is 8.77. The standard InChI is InChI=1S/C19H23F3N4O.HI/c1-3-23-18(26-12-16-7-5-4-6-14(16)2)25-11-15-8-9-24-17(10-15)27-13-19(20,21)22;/h4-10H,3,11-13H2,1-2H3,(H2,23,25,26);1H. The number of pyridine rings is 1. The lowest BCUT2D eigenvalue weighted by atomic mass is 10.1. The number of guanidine groups is 1. The zero-order valence-corrected chi connectivity index (χ0v) is 18.0. The van der Waals surface area contributed by atoms with Crippen LogP contribution in [0.3, 0.4) is 0 Å². The minimum absolute atomic E-state index is 0. The number of benzene rings is 1. The number of rotatable bonds is 7. The Balaban J connectivity index is 0.00000392. The summed E-state index contributed by atoms with van der Waals surface area (Å²) in [5.41, 5.74) is 3.05. The van der Waals surface area contributed by atoms with Gasteiger partial charge >= 0.3 is 6.18 Å². The van der Waals surface area contributed by atoms with E-state index < -0.39 is 12.8 Å². The Kier molecular flexibility index (Phi) is 10.0. The number of alkyl halides is 3. The van der Waals surface area contributed by atoms with Crippen molar-refractivity contribution in [3.63, 3.8) is 0 Å². The molecular weight excluding hydrogens is 484 g/mol. The van der Waals surface area contributed by atoms with Crippen LogP contribution in [0, 0.1) is 6.92 Å². The predicted molar refractivity (Wildman–Crippen MR) is 114 cm³/mol. The largest absolute Gasteiger partial charge is 0.468 e. The molecule has 0 saturated carbocycles. The first-order chi connectivity index (χ1) is 12.9. The molecule has 0 saturated heterocycles. The highest BCUT2D eigenvalue weighted by Gasteiger charge is 2.28. The van der Waals surface area contributed by atoms with Crippen molar-refractivity contribution in [1.82, 2.24) is 15.6 Å². The number of aromatic nitrogens is 1. The number of ether oxygens (including phenoxy) is 1. The van der Waals surface area contributed by atoms with Crippen molar-refractivity contribution < 1.29 is 17.9 Å². The van der Waals surface area contributed by atoms with E-state index in [9.17, 15) is 13.2 Å². The zero-order valence-electron chi connectivity index (χ0n) is 15.7. The quantitative estimate of drug-likeness (QED) is 0.335. The van der Waals surface area contributed by atoms with Crippen molar-refractivity contribution in [3.8, 4) is 5.88 Å². The van der Waals surface area contributed by atoms with Crippen LogP contribution in [0.4, 0.5) is 13.2 Å². The molecular formula is C19H24F3IN4O. The molecule has 0 radical (unpaired) electrons. The van der Waals surface area contributed by atoms with Gasteiger partial charge in [-0.05, 0) is 36.6 Å². The van der Waals surface area contributed by atoms with Crippen molar-refractivity contribution in [2.24, 2.45) is 4.99 Å². The van der Waals surface area contributed by atoms with E-state index in [4.69, 9.17) is 0 Å². The van der Waals surface area contributed by atoms with Gasteiger partial charge in [0.2, 0.25) is 5.88 Å². The Bertz CT molecular complexity index is 769. The molecule has 1 heterocycles. The Hall–Kier alpha value is -2.04. The maximum atomic E-state index is 12.2. The zero-order chi connectivity index (χ0) is 19.7. The number of aliphatic imine (C=N–C) groups is 1. The van der Waals surface area contributed by atoms with Gasteiger partial charge in [-0.15, -0.1) is 24.0 Å². The summed E-state index contributed by atoms with van der Waals surface area (Å²) in [7, 11) is 0. The Morgan fingerprint density at radius 1 is 1.18 bits per heavy atom. The van der Waals surface area contributed by atoms with Gasteiger partial charge in [0.05, 0.1) is 6.54 Å². The molecule has 0 unspecified atom stereocenters. The van der Waals surface area contributed by atoms with Crippen molar-refractivity contribution in [2.45, 2.75) is 33.1 Å². The lowest BCUT2D eigenvalue weighted by Crippen LogP contribution is -2.36. The second kappa shape index (κ2) is 11.7. The van der Waals surface area contributed by atoms with E-state index >= 15 is 0 Å². The first kappa shape index (κ1) is 24.0. The topological polar surface area (TPSA) is 58.5 Å². The van der Waals surface area contributed by atoms with Gasteiger partial charge in [0.25, 0.3) is 0 Å². The number of nitrogens with zero attached hydrogens (tertiary/aromatic N) is 2. The van der Waals surface area contributed by atoms with E-state index in [2.05, 4.69) is 25.3 Å². The lowest BCUT2D eigenvalue weighted by Gasteiger charge is -2.13. The van der Waals surface area contributed by atoms with Gasteiger partial charge in [-0.2, -0.15) is 13.2 Å². The summed E-state index contributed by atoms with van der Waals surface area (Å²) in [4.78, 5) is 8.26. The van der Waals surface area contributed by atoms with Crippen molar-refractivity contribution in [3.05, 3.63) is 59.3 Å². The third-order valence-corrected chi connectivity index (χ3v) is 3.65. The number of halogens is 4. The Morgan fingerprint density at radius 2 is 1.93 bits per heavy atom. The molecule has 154 valence electrons. The van der Waals surface area contributed by atoms with E-state index in [-0.39, 0.29) is 36.4 Å². The normalized spacial score (nSPS) is 11.5. The van der Waals surface area contributed by atoms with Crippen LogP contribution in [0.15, 0.2) is 47.6 Å². The number of aryl methyl sites for hydroxylation is 1. The molecule has 5 nitrogen and oxygen atoms in total. The molecule has 0 spiro atoms. The molecule has 0 fully saturated rings. The fourth-order valence-corrected chi connectivity index (χ4v) is 2.28. The molecule has 0 aliphatic heterocycles. The van der Waals surface area contributed by atoms with E-state index in [1.165, 1.54) is 17.8 Å². The van der Waals surface area contributed by atoms with Crippen LogP contribution in [0.1, 0.15) is 23.6 Å². The smallest absolute Gasteiger partial charge is 0.422 e. The Morgan fingerprint density at radius 3 is 2.61 bits per heavy atom. The number of nitrogens with one attached hydrogen (secondary N) is 2. The maximum absolute atomic E-state index is 12.2. The lowest BCUT2D eigenvalue weighted by molar-refractivity contribution is -0.154. The minimum Gasteiger partial charge on any atom is -0.468 e. The van der Waals surface area contributed by atoms with Crippen LogP contribution in [-0.2, 0) is 13.1 Å². The summed E-state index contributed by atoms with van der Waals surface area (Å²) >= 11 is 0. The highest BCUT2D eigenvalue weighted by atomic mass is 127. The van der Waals surface area contributed by atoms with Crippen LogP contribution in [0.25, 0.3) is 0 Å². The SMILES string of the molecule is CCNC(=NCc1ccnc(OCC(F)(F)F)c1)NCc1ccccc1C.I. The van der Waals surface area contributed by atoms with E-state index in [0.29, 0.717) is 24.6 Å². The average molecular weight is 508 g/mol. The van der Waals surface area contributed by atoms with E-state index in [0.717, 1.165) is 5.56 Å². The molecule has 0 aliphatic rings. The second-order valence-corrected chi connectivity index (χ2v) is 5.88. The molecule has 2 N–H and O–H groups in total. The van der Waals surface area contributed by atoms with Gasteiger partial charge in [-0.3, -0.25) is 0 Å². The molecule has 0 bridgehead atoms. The first-order valence-corrected chi connectivity index (χ1v) is 8.58. The summed E-state index contributed by atoms with van der Waals surface area (Å²) in [6, 6.07) is 11.2. The average Bonchev–Trinajstić information content (AvgIpc) is 2.63. The predicted octanol–water partition coefficient (Wildman–Crippen LogP) is 4.20. The van der Waals surface area contributed by atoms with Gasteiger partial charge in [0.15, 0.2) is 12.6 Å². The van der Waals surface area contributed by atoms with Crippen molar-refractivity contribution >= 4 is 29.9 Å². The van der Waals surface area contributed by atoms with Gasteiger partial charge in [0, 0.05) is 25.4 Å². The van der Waals surface area contributed by atoms with Crippen molar-refractivity contribution in [2.75, 3.05) is 13.2 Å². The van der Waals surface area contributed by atoms with Crippen LogP contribution >= 0.6 is 24.0 Å². The highest BCUT2D eigenvalue weighted by Crippen LogP contribution is 2.17. The van der Waals surface area contributed by atoms with E-state index in [1.54, 1.807) is 6.07 Å². The van der Waals surface area contributed by atoms with Gasteiger partial charge in [-0.25, -0.2) is 9.98 Å². The molecule has 1 aromatic heterocycles. The first-order valence-electron chi connectivity index (χ1n) is 8.58. The summed E-state index contributed by atoms with van der Waals surface area (Å²) < 4.78 is 41.4. The molecule has 0 atom stereocenters. The van der Waals surface area contributed by atoms with Crippen LogP contribution in [-0.4, -0.2) is 30.3 Å². The number of hydrogen-bond donors (Lipinski definition) is 2. The summed E-state index contributed by atoms with van der Waals surface area (Å²) in [6.07, 6.45) is -2.99.